The first-order valence-corrected chi connectivity index (χ1v) is 5.07. The molecule has 1 atom stereocenters. The van der Waals surface area contributed by atoms with Gasteiger partial charge in [-0.2, -0.15) is 0 Å². The molecule has 0 bridgehead atoms. The Morgan fingerprint density at radius 1 is 1.57 bits per heavy atom. The van der Waals surface area contributed by atoms with Crippen molar-refractivity contribution in [1.29, 1.82) is 0 Å². The average molecular weight is 203 g/mol. The fraction of sp³-hybridized carbons (Fsp3) is 0.900. The minimum Gasteiger partial charge on any atom is -0.393 e. The lowest BCUT2D eigenvalue weighted by atomic mass is 10.3. The van der Waals surface area contributed by atoms with Crippen LogP contribution in [0.2, 0.25) is 0 Å². The Balaban J connectivity index is 3.54. The third-order valence-corrected chi connectivity index (χ3v) is 1.88. The van der Waals surface area contributed by atoms with Crippen LogP contribution in [0.3, 0.4) is 0 Å². The smallest absolute Gasteiger partial charge is 0.248 e. The Morgan fingerprint density at radius 3 is 2.71 bits per heavy atom. The van der Waals surface area contributed by atoms with E-state index < -0.39 is 0 Å². The van der Waals surface area contributed by atoms with E-state index in [0.717, 1.165) is 6.42 Å². The van der Waals surface area contributed by atoms with Crippen LogP contribution in [0.15, 0.2) is 0 Å². The van der Waals surface area contributed by atoms with Gasteiger partial charge in [0.15, 0.2) is 0 Å². The van der Waals surface area contributed by atoms with Crippen LogP contribution >= 0.6 is 0 Å². The normalized spacial score (nSPS) is 12.6. The maximum atomic E-state index is 11.3. The van der Waals surface area contributed by atoms with Crippen molar-refractivity contribution in [2.45, 2.75) is 32.8 Å². The Kier molecular flexibility index (Phi) is 7.42. The standard InChI is InChI=1S/C10H21NO3/c1-4-7-14-8-10(13)11(3)6-5-9(2)12/h9,12H,4-8H2,1-3H3. The second-order valence-corrected chi connectivity index (χ2v) is 3.51. The molecule has 0 aliphatic heterocycles. The minimum absolute atomic E-state index is 0.0286. The van der Waals surface area contributed by atoms with Crippen LogP contribution in [0.4, 0.5) is 0 Å². The molecule has 1 unspecified atom stereocenters. The monoisotopic (exact) mass is 203 g/mol. The lowest BCUT2D eigenvalue weighted by Gasteiger charge is -2.17. The molecular formula is C10H21NO3. The van der Waals surface area contributed by atoms with Crippen LogP contribution in [-0.4, -0.2) is 48.8 Å². The van der Waals surface area contributed by atoms with Crippen molar-refractivity contribution >= 4 is 5.91 Å². The minimum atomic E-state index is -0.359. The molecule has 0 aromatic carbocycles. The van der Waals surface area contributed by atoms with Crippen LogP contribution in [-0.2, 0) is 9.53 Å². The van der Waals surface area contributed by atoms with Crippen molar-refractivity contribution in [2.75, 3.05) is 26.8 Å². The highest BCUT2D eigenvalue weighted by Gasteiger charge is 2.08. The summed E-state index contributed by atoms with van der Waals surface area (Å²) in [5, 5.41) is 9.03. The first-order valence-electron chi connectivity index (χ1n) is 5.07. The van der Waals surface area contributed by atoms with Crippen LogP contribution in [0, 0.1) is 0 Å². The molecule has 84 valence electrons. The van der Waals surface area contributed by atoms with Gasteiger partial charge in [-0.15, -0.1) is 0 Å². The van der Waals surface area contributed by atoms with E-state index in [-0.39, 0.29) is 18.6 Å². The number of amides is 1. The summed E-state index contributed by atoms with van der Waals surface area (Å²) in [4.78, 5) is 12.9. The number of rotatable bonds is 7. The van der Waals surface area contributed by atoms with Gasteiger partial charge in [0.1, 0.15) is 6.61 Å². The largest absolute Gasteiger partial charge is 0.393 e. The molecule has 0 fully saturated rings. The van der Waals surface area contributed by atoms with Gasteiger partial charge in [0, 0.05) is 20.2 Å². The van der Waals surface area contributed by atoms with Gasteiger partial charge in [-0.05, 0) is 19.8 Å². The quantitative estimate of drug-likeness (QED) is 0.618. The fourth-order valence-corrected chi connectivity index (χ4v) is 0.919. The van der Waals surface area contributed by atoms with Crippen molar-refractivity contribution in [2.24, 2.45) is 0 Å². The number of aliphatic hydroxyl groups is 1. The summed E-state index contributed by atoms with van der Waals surface area (Å²) in [7, 11) is 1.72. The van der Waals surface area contributed by atoms with Crippen molar-refractivity contribution in [3.8, 4) is 0 Å². The number of likely N-dealkylation sites (N-methyl/N-ethyl adjacent to an activating group) is 1. The summed E-state index contributed by atoms with van der Waals surface area (Å²) in [6, 6.07) is 0. The topological polar surface area (TPSA) is 49.8 Å². The molecule has 0 radical (unpaired) electrons. The molecule has 0 aromatic rings. The third kappa shape index (κ3) is 6.86. The van der Waals surface area contributed by atoms with Gasteiger partial charge >= 0.3 is 0 Å². The number of aliphatic hydroxyl groups excluding tert-OH is 1. The number of carbonyl (C=O) groups is 1. The maximum absolute atomic E-state index is 11.3. The van der Waals surface area contributed by atoms with Crippen LogP contribution in [0.5, 0.6) is 0 Å². The summed E-state index contributed by atoms with van der Waals surface area (Å²) in [5.74, 6) is -0.0286. The molecule has 1 N–H and O–H groups in total. The molecule has 1 amide bonds. The molecule has 14 heavy (non-hydrogen) atoms. The molecule has 0 aromatic heterocycles. The Hall–Kier alpha value is -0.610. The van der Waals surface area contributed by atoms with Crippen LogP contribution in [0.1, 0.15) is 26.7 Å². The zero-order chi connectivity index (χ0) is 11.0. The van der Waals surface area contributed by atoms with Crippen molar-refractivity contribution in [1.82, 2.24) is 4.90 Å². The van der Waals surface area contributed by atoms with E-state index in [2.05, 4.69) is 0 Å². The molecule has 0 aliphatic rings. The molecular weight excluding hydrogens is 182 g/mol. The predicted octanol–water partition coefficient (Wildman–Crippen LogP) is 0.642. The molecule has 0 saturated heterocycles. The van der Waals surface area contributed by atoms with Crippen molar-refractivity contribution in [3.05, 3.63) is 0 Å². The first kappa shape index (κ1) is 13.4. The van der Waals surface area contributed by atoms with E-state index in [1.54, 1.807) is 18.9 Å². The second-order valence-electron chi connectivity index (χ2n) is 3.51. The maximum Gasteiger partial charge on any atom is 0.248 e. The van der Waals surface area contributed by atoms with E-state index in [1.807, 2.05) is 6.92 Å². The summed E-state index contributed by atoms with van der Waals surface area (Å²) in [6.45, 7) is 5.06. The molecule has 0 rings (SSSR count). The Bertz CT molecular complexity index is 159. The first-order chi connectivity index (χ1) is 6.57. The van der Waals surface area contributed by atoms with E-state index >= 15 is 0 Å². The van der Waals surface area contributed by atoms with Gasteiger partial charge in [0.2, 0.25) is 5.91 Å². The zero-order valence-corrected chi connectivity index (χ0v) is 9.32. The highest BCUT2D eigenvalue weighted by Crippen LogP contribution is 1.94. The number of ether oxygens (including phenoxy) is 1. The van der Waals surface area contributed by atoms with Gasteiger partial charge < -0.3 is 14.7 Å². The van der Waals surface area contributed by atoms with E-state index in [4.69, 9.17) is 9.84 Å². The second kappa shape index (κ2) is 7.76. The summed E-state index contributed by atoms with van der Waals surface area (Å²) in [5.41, 5.74) is 0. The molecule has 4 nitrogen and oxygen atoms in total. The van der Waals surface area contributed by atoms with Crippen molar-refractivity contribution in [3.63, 3.8) is 0 Å². The van der Waals surface area contributed by atoms with Crippen LogP contribution in [0.25, 0.3) is 0 Å². The average Bonchev–Trinajstić information content (AvgIpc) is 2.14. The zero-order valence-electron chi connectivity index (χ0n) is 9.32. The van der Waals surface area contributed by atoms with Gasteiger partial charge in [-0.25, -0.2) is 0 Å². The highest BCUT2D eigenvalue weighted by molar-refractivity contribution is 5.77. The summed E-state index contributed by atoms with van der Waals surface area (Å²) >= 11 is 0. The number of hydrogen-bond acceptors (Lipinski definition) is 3. The van der Waals surface area contributed by atoms with Gasteiger partial charge in [0.05, 0.1) is 6.10 Å². The molecule has 4 heteroatoms. The SMILES string of the molecule is CCCOCC(=O)N(C)CCC(C)O. The summed E-state index contributed by atoms with van der Waals surface area (Å²) < 4.78 is 5.12. The Labute approximate surface area is 85.9 Å². The van der Waals surface area contributed by atoms with E-state index in [9.17, 15) is 4.79 Å². The third-order valence-electron chi connectivity index (χ3n) is 1.88. The van der Waals surface area contributed by atoms with Crippen LogP contribution < -0.4 is 0 Å². The number of nitrogens with zero attached hydrogens (tertiary/aromatic N) is 1. The highest BCUT2D eigenvalue weighted by atomic mass is 16.5. The summed E-state index contributed by atoms with van der Waals surface area (Å²) in [6.07, 6.45) is 1.17. The lowest BCUT2D eigenvalue weighted by Crippen LogP contribution is -2.32. The number of carbonyl (C=O) groups excluding carboxylic acids is 1. The molecule has 0 spiro atoms. The van der Waals surface area contributed by atoms with Crippen molar-refractivity contribution < 1.29 is 14.6 Å². The van der Waals surface area contributed by atoms with Gasteiger partial charge in [-0.1, -0.05) is 6.92 Å². The molecule has 0 aliphatic carbocycles. The predicted molar refractivity (Wildman–Crippen MR) is 55.0 cm³/mol. The molecule has 0 saturated carbocycles. The van der Waals surface area contributed by atoms with E-state index in [1.165, 1.54) is 0 Å². The van der Waals surface area contributed by atoms with Gasteiger partial charge in [0.25, 0.3) is 0 Å². The molecule has 0 heterocycles. The van der Waals surface area contributed by atoms with Gasteiger partial charge in [-0.3, -0.25) is 4.79 Å². The lowest BCUT2D eigenvalue weighted by molar-refractivity contribution is -0.135. The number of hydrogen-bond donors (Lipinski definition) is 1. The van der Waals surface area contributed by atoms with E-state index in [0.29, 0.717) is 19.6 Å². The Morgan fingerprint density at radius 2 is 2.21 bits per heavy atom. The fourth-order valence-electron chi connectivity index (χ4n) is 0.919.